The second kappa shape index (κ2) is 8.63. The van der Waals surface area contributed by atoms with Gasteiger partial charge in [0.25, 0.3) is 0 Å². The van der Waals surface area contributed by atoms with Gasteiger partial charge in [-0.1, -0.05) is 88.7 Å². The van der Waals surface area contributed by atoms with Gasteiger partial charge < -0.3 is 4.42 Å². The predicted molar refractivity (Wildman–Crippen MR) is 170 cm³/mol. The van der Waals surface area contributed by atoms with E-state index in [2.05, 4.69) is 111 Å². The number of para-hydroxylation sites is 2. The van der Waals surface area contributed by atoms with Crippen LogP contribution in [0.4, 0.5) is 0 Å². The van der Waals surface area contributed by atoms with Crippen molar-refractivity contribution in [3.8, 4) is 28.3 Å². The zero-order chi connectivity index (χ0) is 27.1. The topological polar surface area (TPSA) is 43.9 Å². The van der Waals surface area contributed by atoms with Gasteiger partial charge in [0, 0.05) is 43.6 Å². The summed E-state index contributed by atoms with van der Waals surface area (Å²) in [6.45, 7) is 0. The van der Waals surface area contributed by atoms with Gasteiger partial charge in [-0.15, -0.1) is 0 Å². The first-order valence-electron chi connectivity index (χ1n) is 13.8. The zero-order valence-electron chi connectivity index (χ0n) is 21.9. The first-order valence-corrected chi connectivity index (χ1v) is 14.6. The summed E-state index contributed by atoms with van der Waals surface area (Å²) < 4.78 is 9.67. The van der Waals surface area contributed by atoms with E-state index in [-0.39, 0.29) is 0 Å². The maximum Gasteiger partial charge on any atom is 0.235 e. The number of hydrogen-bond donors (Lipinski definition) is 0. The average molecular weight is 592 g/mol. The van der Waals surface area contributed by atoms with Crippen LogP contribution in [0.25, 0.3) is 72.0 Å². The molecule has 0 saturated heterocycles. The normalized spacial score (nSPS) is 12.8. The lowest BCUT2D eigenvalue weighted by Gasteiger charge is -2.18. The summed E-state index contributed by atoms with van der Waals surface area (Å²) in [6.07, 6.45) is 1.85. The van der Waals surface area contributed by atoms with Gasteiger partial charge in [0.15, 0.2) is 0 Å². The number of aromatic nitrogens is 3. The number of nitrogens with zero attached hydrogens (tertiary/aromatic N) is 3. The van der Waals surface area contributed by atoms with Crippen LogP contribution in [-0.4, -0.2) is 14.5 Å². The third-order valence-corrected chi connectivity index (χ3v) is 8.85. The Labute approximate surface area is 244 Å². The van der Waals surface area contributed by atoms with Crippen LogP contribution in [0.3, 0.4) is 0 Å². The monoisotopic (exact) mass is 591 g/mol. The van der Waals surface area contributed by atoms with Crippen LogP contribution in [0, 0.1) is 0 Å². The molecule has 41 heavy (non-hydrogen) atoms. The summed E-state index contributed by atoms with van der Waals surface area (Å²) in [5.41, 5.74) is 9.86. The molecule has 3 heterocycles. The summed E-state index contributed by atoms with van der Waals surface area (Å²) in [5, 5.41) is 4.59. The average Bonchev–Trinajstić information content (AvgIpc) is 3.56. The van der Waals surface area contributed by atoms with E-state index >= 15 is 0 Å². The standard InChI is InChI=1S/C36H22BrN3O/c37-23-16-18-28-26(20-23)33-29(17-14-21-15-19-31-34(32(21)33)25-11-5-7-13-30(25)41-31)40(28)36-38-27-12-6-4-10-24(27)35(39-36)22-8-2-1-3-9-22/h1-14,16-18,20H,15,19H2. The summed E-state index contributed by atoms with van der Waals surface area (Å²) in [4.78, 5) is 10.4. The first kappa shape index (κ1) is 23.0. The van der Waals surface area contributed by atoms with Crippen LogP contribution < -0.4 is 0 Å². The second-order valence-electron chi connectivity index (χ2n) is 10.6. The number of aryl methyl sites for hydroxylation is 2. The highest BCUT2D eigenvalue weighted by Gasteiger charge is 2.28. The van der Waals surface area contributed by atoms with Gasteiger partial charge in [-0.25, -0.2) is 9.97 Å². The highest BCUT2D eigenvalue weighted by Crippen LogP contribution is 2.47. The van der Waals surface area contributed by atoms with Crippen LogP contribution in [0.1, 0.15) is 11.3 Å². The molecule has 0 saturated carbocycles. The fourth-order valence-corrected chi connectivity index (χ4v) is 6.97. The number of furan rings is 1. The molecular weight excluding hydrogens is 570 g/mol. The molecule has 1 aliphatic rings. The van der Waals surface area contributed by atoms with Crippen LogP contribution in [0.5, 0.6) is 0 Å². The van der Waals surface area contributed by atoms with Gasteiger partial charge in [-0.3, -0.25) is 4.57 Å². The smallest absolute Gasteiger partial charge is 0.235 e. The first-order chi connectivity index (χ1) is 20.2. The SMILES string of the molecule is Brc1ccc2c(c1)c1c3c(ccc1n2-c1nc(-c2ccccc2)c2ccccc2n1)CCc1oc2ccccc2c1-3. The molecule has 0 aliphatic heterocycles. The molecule has 8 aromatic rings. The lowest BCUT2D eigenvalue weighted by atomic mass is 9.85. The summed E-state index contributed by atoms with van der Waals surface area (Å²) in [6, 6.07) is 38.1. The van der Waals surface area contributed by atoms with Crippen molar-refractivity contribution in [1.29, 1.82) is 0 Å². The van der Waals surface area contributed by atoms with E-state index < -0.39 is 0 Å². The van der Waals surface area contributed by atoms with Crippen molar-refractivity contribution in [3.05, 3.63) is 125 Å². The van der Waals surface area contributed by atoms with Crippen LogP contribution >= 0.6 is 15.9 Å². The van der Waals surface area contributed by atoms with Crippen molar-refractivity contribution in [1.82, 2.24) is 14.5 Å². The fourth-order valence-electron chi connectivity index (χ4n) is 6.61. The number of fused-ring (bicyclic) bond motifs is 10. The molecule has 5 heteroatoms. The van der Waals surface area contributed by atoms with Gasteiger partial charge in [-0.05, 0) is 53.9 Å². The third kappa shape index (κ3) is 3.33. The molecule has 0 amide bonds. The van der Waals surface area contributed by atoms with Crippen molar-refractivity contribution < 1.29 is 4.42 Å². The Morgan fingerprint density at radius 1 is 0.659 bits per heavy atom. The van der Waals surface area contributed by atoms with Crippen LogP contribution in [0.15, 0.2) is 118 Å². The van der Waals surface area contributed by atoms with E-state index in [1.54, 1.807) is 0 Å². The summed E-state index contributed by atoms with van der Waals surface area (Å²) in [5.74, 6) is 1.73. The lowest BCUT2D eigenvalue weighted by Crippen LogP contribution is -2.05. The Balaban J connectivity index is 1.43. The molecule has 0 radical (unpaired) electrons. The van der Waals surface area contributed by atoms with E-state index in [1.807, 2.05) is 18.2 Å². The molecule has 0 spiro atoms. The van der Waals surface area contributed by atoms with E-state index in [4.69, 9.17) is 14.4 Å². The molecule has 1 aliphatic carbocycles. The molecule has 9 rings (SSSR count). The minimum absolute atomic E-state index is 0.665. The molecule has 5 aromatic carbocycles. The Bertz CT molecular complexity index is 2330. The maximum absolute atomic E-state index is 6.40. The molecule has 3 aromatic heterocycles. The number of rotatable bonds is 2. The molecule has 0 N–H and O–H groups in total. The lowest BCUT2D eigenvalue weighted by molar-refractivity contribution is 0.546. The Morgan fingerprint density at radius 2 is 1.44 bits per heavy atom. The van der Waals surface area contributed by atoms with E-state index in [9.17, 15) is 0 Å². The Hall–Kier alpha value is -4.74. The van der Waals surface area contributed by atoms with Crippen LogP contribution in [-0.2, 0) is 12.8 Å². The molecule has 0 fully saturated rings. The minimum Gasteiger partial charge on any atom is -0.460 e. The highest BCUT2D eigenvalue weighted by atomic mass is 79.9. The number of halogens is 1. The fraction of sp³-hybridized carbons (Fsp3) is 0.0556. The molecular formula is C36H22BrN3O. The van der Waals surface area contributed by atoms with Crippen LogP contribution in [0.2, 0.25) is 0 Å². The number of hydrogen-bond acceptors (Lipinski definition) is 3. The van der Waals surface area contributed by atoms with Crippen molar-refractivity contribution in [3.63, 3.8) is 0 Å². The molecule has 194 valence electrons. The van der Waals surface area contributed by atoms with Gasteiger partial charge in [0.1, 0.15) is 11.3 Å². The predicted octanol–water partition coefficient (Wildman–Crippen LogP) is 9.67. The van der Waals surface area contributed by atoms with Gasteiger partial charge in [0.05, 0.1) is 22.2 Å². The van der Waals surface area contributed by atoms with E-state index in [1.165, 1.54) is 32.8 Å². The number of benzene rings is 5. The second-order valence-corrected chi connectivity index (χ2v) is 11.6. The largest absolute Gasteiger partial charge is 0.460 e. The van der Waals surface area contributed by atoms with E-state index in [0.717, 1.165) is 61.9 Å². The van der Waals surface area contributed by atoms with Crippen molar-refractivity contribution in [2.24, 2.45) is 0 Å². The molecule has 0 atom stereocenters. The van der Waals surface area contributed by atoms with Crippen molar-refractivity contribution >= 4 is 59.6 Å². The van der Waals surface area contributed by atoms with Gasteiger partial charge in [0.2, 0.25) is 5.95 Å². The van der Waals surface area contributed by atoms with Crippen molar-refractivity contribution in [2.75, 3.05) is 0 Å². The summed E-state index contributed by atoms with van der Waals surface area (Å²) in [7, 11) is 0. The summed E-state index contributed by atoms with van der Waals surface area (Å²) >= 11 is 3.76. The maximum atomic E-state index is 6.40. The Morgan fingerprint density at radius 3 is 2.34 bits per heavy atom. The quantitative estimate of drug-likeness (QED) is 0.201. The van der Waals surface area contributed by atoms with Gasteiger partial charge >= 0.3 is 0 Å². The molecule has 4 nitrogen and oxygen atoms in total. The van der Waals surface area contributed by atoms with Gasteiger partial charge in [-0.2, -0.15) is 0 Å². The minimum atomic E-state index is 0.665. The Kier molecular flexibility index (Phi) is 4.84. The van der Waals surface area contributed by atoms with Crippen molar-refractivity contribution in [2.45, 2.75) is 12.8 Å². The third-order valence-electron chi connectivity index (χ3n) is 8.36. The molecule has 0 bridgehead atoms. The zero-order valence-corrected chi connectivity index (χ0v) is 23.5. The molecule has 0 unspecified atom stereocenters. The highest BCUT2D eigenvalue weighted by molar-refractivity contribution is 9.10. The van der Waals surface area contributed by atoms with E-state index in [0.29, 0.717) is 5.95 Å².